The summed E-state index contributed by atoms with van der Waals surface area (Å²) >= 11 is 0. The van der Waals surface area contributed by atoms with E-state index in [0.717, 1.165) is 19.1 Å². The predicted octanol–water partition coefficient (Wildman–Crippen LogP) is 5.20. The monoisotopic (exact) mass is 322 g/mol. The van der Waals surface area contributed by atoms with Crippen LogP contribution in [0.4, 0.5) is 0 Å². The van der Waals surface area contributed by atoms with Crippen molar-refractivity contribution in [2.75, 3.05) is 0 Å². The maximum Gasteiger partial charge on any atom is 0.339 e. The van der Waals surface area contributed by atoms with Crippen molar-refractivity contribution in [3.63, 3.8) is 0 Å². The minimum absolute atomic E-state index is 0.0671. The second-order valence-corrected chi connectivity index (χ2v) is 5.61. The van der Waals surface area contributed by atoms with Gasteiger partial charge < -0.3 is 15.0 Å². The first-order valence-corrected chi connectivity index (χ1v) is 8.58. The van der Waals surface area contributed by atoms with Crippen molar-refractivity contribution >= 4 is 12.3 Å². The first-order valence-electron chi connectivity index (χ1n) is 8.58. The molecule has 0 unspecified atom stereocenters. The summed E-state index contributed by atoms with van der Waals surface area (Å²) in [4.78, 5) is 20.3. The number of carboxylic acid groups (broad SMARTS) is 1. The summed E-state index contributed by atoms with van der Waals surface area (Å²) in [7, 11) is 0. The van der Waals surface area contributed by atoms with Gasteiger partial charge in [0, 0.05) is 6.42 Å². The Hall–Kier alpha value is -1.84. The Morgan fingerprint density at radius 1 is 0.957 bits per heavy atom. The number of carbonyl (C=O) groups is 2. The maximum absolute atomic E-state index is 10.3. The van der Waals surface area contributed by atoms with Crippen molar-refractivity contribution in [3.05, 3.63) is 29.8 Å². The molecule has 4 nitrogen and oxygen atoms in total. The summed E-state index contributed by atoms with van der Waals surface area (Å²) in [5.74, 6) is -1.31. The molecule has 0 fully saturated rings. The van der Waals surface area contributed by atoms with E-state index < -0.39 is 5.97 Å². The van der Waals surface area contributed by atoms with E-state index in [2.05, 4.69) is 6.92 Å². The molecule has 0 radical (unpaired) electrons. The van der Waals surface area contributed by atoms with Gasteiger partial charge in [-0.2, -0.15) is 0 Å². The fraction of sp³-hybridized carbons (Fsp3) is 0.579. The minimum Gasteiger partial charge on any atom is -0.507 e. The molecule has 0 heterocycles. The van der Waals surface area contributed by atoms with Crippen LogP contribution in [0.15, 0.2) is 24.3 Å². The van der Waals surface area contributed by atoms with Crippen LogP contribution in [-0.4, -0.2) is 22.5 Å². The van der Waals surface area contributed by atoms with Crippen LogP contribution in [0.3, 0.4) is 0 Å². The zero-order chi connectivity index (χ0) is 17.3. The number of benzene rings is 1. The van der Waals surface area contributed by atoms with Crippen molar-refractivity contribution in [1.29, 1.82) is 0 Å². The molecule has 0 aliphatic rings. The summed E-state index contributed by atoms with van der Waals surface area (Å²) in [6, 6.07) is 5.81. The number of aromatic carboxylic acids is 1. The normalized spacial score (nSPS) is 9.78. The molecule has 0 amide bonds. The third-order valence-corrected chi connectivity index (χ3v) is 3.56. The fourth-order valence-electron chi connectivity index (χ4n) is 2.19. The third-order valence-electron chi connectivity index (χ3n) is 3.56. The van der Waals surface area contributed by atoms with E-state index in [0.29, 0.717) is 0 Å². The Morgan fingerprint density at radius 2 is 1.48 bits per heavy atom. The van der Waals surface area contributed by atoms with Gasteiger partial charge in [0.2, 0.25) is 0 Å². The first-order chi connectivity index (χ1) is 11.1. The van der Waals surface area contributed by atoms with Gasteiger partial charge in [-0.1, -0.05) is 70.4 Å². The second kappa shape index (κ2) is 15.1. The van der Waals surface area contributed by atoms with E-state index >= 15 is 0 Å². The number of phenols is 1. The number of aromatic hydroxyl groups is 1. The Kier molecular flexibility index (Phi) is 13.9. The molecule has 1 aromatic carbocycles. The van der Waals surface area contributed by atoms with Crippen molar-refractivity contribution in [2.45, 2.75) is 71.1 Å². The molecular formula is C19H30O4. The van der Waals surface area contributed by atoms with Gasteiger partial charge in [0.1, 0.15) is 17.6 Å². The molecule has 0 aromatic heterocycles. The lowest BCUT2D eigenvalue weighted by Gasteiger charge is -1.99. The van der Waals surface area contributed by atoms with Gasteiger partial charge in [-0.25, -0.2) is 4.79 Å². The number of carbonyl (C=O) groups excluding carboxylic acids is 1. The van der Waals surface area contributed by atoms with Crippen LogP contribution in [0, 0.1) is 0 Å². The van der Waals surface area contributed by atoms with Gasteiger partial charge in [0.15, 0.2) is 0 Å². The van der Waals surface area contributed by atoms with E-state index in [1.54, 1.807) is 12.1 Å². The Morgan fingerprint density at radius 3 is 1.91 bits per heavy atom. The van der Waals surface area contributed by atoms with Gasteiger partial charge in [-0.3, -0.25) is 0 Å². The van der Waals surface area contributed by atoms with E-state index in [1.165, 1.54) is 63.5 Å². The summed E-state index contributed by atoms with van der Waals surface area (Å²) in [6.45, 7) is 2.25. The predicted molar refractivity (Wildman–Crippen MR) is 93.0 cm³/mol. The second-order valence-electron chi connectivity index (χ2n) is 5.61. The fourth-order valence-corrected chi connectivity index (χ4v) is 2.19. The van der Waals surface area contributed by atoms with Crippen molar-refractivity contribution in [3.8, 4) is 5.75 Å². The van der Waals surface area contributed by atoms with Crippen molar-refractivity contribution < 1.29 is 19.8 Å². The van der Waals surface area contributed by atoms with E-state index in [1.807, 2.05) is 0 Å². The molecule has 1 aromatic rings. The van der Waals surface area contributed by atoms with Gasteiger partial charge in [-0.05, 0) is 18.6 Å². The zero-order valence-corrected chi connectivity index (χ0v) is 14.2. The number of carboxylic acids is 1. The highest BCUT2D eigenvalue weighted by atomic mass is 16.4. The van der Waals surface area contributed by atoms with Crippen LogP contribution >= 0.6 is 0 Å². The van der Waals surface area contributed by atoms with Crippen LogP contribution in [0.5, 0.6) is 5.75 Å². The third kappa shape index (κ3) is 12.4. The van der Waals surface area contributed by atoms with Gasteiger partial charge in [-0.15, -0.1) is 0 Å². The number of rotatable bonds is 11. The molecule has 0 atom stereocenters. The lowest BCUT2D eigenvalue weighted by atomic mass is 10.1. The Labute approximate surface area is 139 Å². The number of hydrogen-bond donors (Lipinski definition) is 2. The average molecular weight is 322 g/mol. The van der Waals surface area contributed by atoms with E-state index in [9.17, 15) is 9.59 Å². The van der Waals surface area contributed by atoms with Crippen LogP contribution in [0.1, 0.15) is 81.5 Å². The highest BCUT2D eigenvalue weighted by Crippen LogP contribution is 2.14. The summed E-state index contributed by atoms with van der Waals surface area (Å²) in [6.07, 6.45) is 13.7. The summed E-state index contributed by atoms with van der Waals surface area (Å²) < 4.78 is 0. The molecule has 0 saturated carbocycles. The lowest BCUT2D eigenvalue weighted by molar-refractivity contribution is -0.107. The minimum atomic E-state index is -1.11. The maximum atomic E-state index is 10.3. The van der Waals surface area contributed by atoms with Crippen LogP contribution < -0.4 is 0 Å². The number of para-hydroxylation sites is 1. The standard InChI is InChI=1S/C12H24O.C7H6O3/c1-2-3-4-5-6-7-8-9-10-11-12-13;8-6-4-2-1-3-5(6)7(9)10/h12H,2-11H2,1H3;1-4,8H,(H,9,10). The van der Waals surface area contributed by atoms with Crippen molar-refractivity contribution in [1.82, 2.24) is 0 Å². The quantitative estimate of drug-likeness (QED) is 0.434. The van der Waals surface area contributed by atoms with Crippen molar-refractivity contribution in [2.24, 2.45) is 0 Å². The summed E-state index contributed by atoms with van der Waals surface area (Å²) in [5, 5.41) is 17.3. The molecule has 1 rings (SSSR count). The largest absolute Gasteiger partial charge is 0.507 e. The van der Waals surface area contributed by atoms with E-state index in [-0.39, 0.29) is 11.3 Å². The van der Waals surface area contributed by atoms with E-state index in [4.69, 9.17) is 10.2 Å². The summed E-state index contributed by atoms with van der Waals surface area (Å²) in [5.41, 5.74) is -0.0671. The number of unbranched alkanes of at least 4 members (excludes halogenated alkanes) is 9. The smallest absolute Gasteiger partial charge is 0.339 e. The van der Waals surface area contributed by atoms with Crippen LogP contribution in [0.2, 0.25) is 0 Å². The average Bonchev–Trinajstić information content (AvgIpc) is 2.54. The van der Waals surface area contributed by atoms with Gasteiger partial charge in [0.05, 0.1) is 0 Å². The molecule has 2 N–H and O–H groups in total. The molecule has 0 spiro atoms. The van der Waals surface area contributed by atoms with Crippen LogP contribution in [0.25, 0.3) is 0 Å². The Balaban J connectivity index is 0.000000433. The number of aldehydes is 1. The molecular weight excluding hydrogens is 292 g/mol. The highest BCUT2D eigenvalue weighted by Gasteiger charge is 2.05. The van der Waals surface area contributed by atoms with Crippen LogP contribution in [-0.2, 0) is 4.79 Å². The Bertz CT molecular complexity index is 429. The molecule has 0 aliphatic carbocycles. The first kappa shape index (κ1) is 21.2. The molecule has 4 heteroatoms. The SMILES string of the molecule is CCCCCCCCCCCC=O.O=C(O)c1ccccc1O. The topological polar surface area (TPSA) is 74.6 Å². The highest BCUT2D eigenvalue weighted by molar-refractivity contribution is 5.90. The lowest BCUT2D eigenvalue weighted by Crippen LogP contribution is -1.95. The van der Waals surface area contributed by atoms with Gasteiger partial charge >= 0.3 is 5.97 Å². The molecule has 23 heavy (non-hydrogen) atoms. The van der Waals surface area contributed by atoms with Gasteiger partial charge in [0.25, 0.3) is 0 Å². The molecule has 0 bridgehead atoms. The molecule has 0 saturated heterocycles. The molecule has 130 valence electrons. The zero-order valence-electron chi connectivity index (χ0n) is 14.2. The number of hydrogen-bond acceptors (Lipinski definition) is 3. The molecule has 0 aliphatic heterocycles.